The Bertz CT molecular complexity index is 1110. The SMILES string of the molecule is O=C(O)/C=C/c1ccc(-c2ccc(O)c(C34CC5CC(CC(C5)C3)C4)c2)c(CN2CCOCC2)c1. The number of nitrogens with zero attached hydrogens (tertiary/aromatic N) is 1. The molecule has 5 aliphatic rings. The Hall–Kier alpha value is -2.63. The van der Waals surface area contributed by atoms with Gasteiger partial charge in [0, 0.05) is 31.3 Å². The molecule has 35 heavy (non-hydrogen) atoms. The van der Waals surface area contributed by atoms with Crippen LogP contribution in [0.3, 0.4) is 0 Å². The number of benzene rings is 2. The molecule has 0 unspecified atom stereocenters. The highest BCUT2D eigenvalue weighted by molar-refractivity contribution is 5.85. The minimum absolute atomic E-state index is 0.128. The Kier molecular flexibility index (Phi) is 5.93. The Morgan fingerprint density at radius 1 is 1.00 bits per heavy atom. The van der Waals surface area contributed by atoms with Gasteiger partial charge >= 0.3 is 5.97 Å². The predicted molar refractivity (Wildman–Crippen MR) is 136 cm³/mol. The lowest BCUT2D eigenvalue weighted by molar-refractivity contribution is -0.131. The first-order chi connectivity index (χ1) is 17.0. The van der Waals surface area contributed by atoms with Crippen LogP contribution < -0.4 is 0 Å². The summed E-state index contributed by atoms with van der Waals surface area (Å²) in [5.74, 6) is 1.97. The monoisotopic (exact) mass is 473 g/mol. The molecule has 0 aromatic heterocycles. The molecule has 1 heterocycles. The topological polar surface area (TPSA) is 70.0 Å². The predicted octanol–water partition coefficient (Wildman–Crippen LogP) is 5.46. The minimum Gasteiger partial charge on any atom is -0.508 e. The van der Waals surface area contributed by atoms with Crippen molar-refractivity contribution in [3.05, 3.63) is 59.2 Å². The van der Waals surface area contributed by atoms with E-state index >= 15 is 0 Å². The summed E-state index contributed by atoms with van der Waals surface area (Å²) in [7, 11) is 0. The van der Waals surface area contributed by atoms with E-state index in [2.05, 4.69) is 23.1 Å². The van der Waals surface area contributed by atoms with E-state index in [-0.39, 0.29) is 5.41 Å². The van der Waals surface area contributed by atoms with Crippen molar-refractivity contribution in [2.24, 2.45) is 17.8 Å². The molecule has 1 saturated heterocycles. The van der Waals surface area contributed by atoms with Crippen LogP contribution in [0.15, 0.2) is 42.5 Å². The van der Waals surface area contributed by atoms with E-state index in [4.69, 9.17) is 9.84 Å². The Labute approximate surface area is 207 Å². The van der Waals surface area contributed by atoms with Crippen LogP contribution in [0.4, 0.5) is 0 Å². The van der Waals surface area contributed by atoms with Crippen molar-refractivity contribution in [1.82, 2.24) is 4.90 Å². The number of aromatic hydroxyl groups is 1. The van der Waals surface area contributed by atoms with Crippen molar-refractivity contribution < 1.29 is 19.7 Å². The Morgan fingerprint density at radius 2 is 1.69 bits per heavy atom. The van der Waals surface area contributed by atoms with Crippen LogP contribution in [0.2, 0.25) is 0 Å². The molecule has 5 nitrogen and oxygen atoms in total. The van der Waals surface area contributed by atoms with E-state index < -0.39 is 5.97 Å². The molecule has 0 amide bonds. The van der Waals surface area contributed by atoms with Gasteiger partial charge in [-0.3, -0.25) is 4.90 Å². The molecule has 184 valence electrons. The zero-order chi connectivity index (χ0) is 24.0. The zero-order valence-corrected chi connectivity index (χ0v) is 20.3. The highest BCUT2D eigenvalue weighted by Gasteiger charge is 2.52. The van der Waals surface area contributed by atoms with Gasteiger partial charge in [0.2, 0.25) is 0 Å². The second-order valence-electron chi connectivity index (χ2n) is 11.4. The summed E-state index contributed by atoms with van der Waals surface area (Å²) in [4.78, 5) is 13.5. The molecule has 4 saturated carbocycles. The average molecular weight is 474 g/mol. The average Bonchev–Trinajstić information content (AvgIpc) is 2.83. The van der Waals surface area contributed by atoms with Gasteiger partial charge in [-0.15, -0.1) is 0 Å². The molecule has 1 aliphatic heterocycles. The number of phenolic OH excluding ortho intramolecular Hbond substituents is 1. The lowest BCUT2D eigenvalue weighted by Crippen LogP contribution is -2.48. The number of hydrogen-bond acceptors (Lipinski definition) is 4. The van der Waals surface area contributed by atoms with Crippen LogP contribution >= 0.6 is 0 Å². The fourth-order valence-corrected chi connectivity index (χ4v) is 7.87. The van der Waals surface area contributed by atoms with E-state index in [9.17, 15) is 9.90 Å². The van der Waals surface area contributed by atoms with E-state index in [1.807, 2.05) is 18.2 Å². The summed E-state index contributed by atoms with van der Waals surface area (Å²) in [6.07, 6.45) is 10.7. The maximum absolute atomic E-state index is 11.1. The number of carboxylic acids is 1. The van der Waals surface area contributed by atoms with Crippen LogP contribution in [-0.2, 0) is 21.5 Å². The largest absolute Gasteiger partial charge is 0.508 e. The molecule has 4 bridgehead atoms. The number of ether oxygens (including phenoxy) is 1. The number of hydrogen-bond donors (Lipinski definition) is 2. The molecule has 0 atom stereocenters. The number of carbonyl (C=O) groups is 1. The second-order valence-corrected chi connectivity index (χ2v) is 11.4. The van der Waals surface area contributed by atoms with Crippen LogP contribution in [0.5, 0.6) is 5.75 Å². The fourth-order valence-electron chi connectivity index (χ4n) is 7.87. The van der Waals surface area contributed by atoms with Gasteiger partial charge < -0.3 is 14.9 Å². The highest BCUT2D eigenvalue weighted by Crippen LogP contribution is 2.62. The standard InChI is InChI=1S/C30H35NO4/c32-28-5-3-24(15-27(28)30-16-21-11-22(17-30)13-23(12-21)18-30)26-4-1-20(2-6-29(33)34)14-25(26)19-31-7-9-35-10-8-31/h1-6,14-15,21-23,32H,7-13,16-19H2,(H,33,34)/b6-2+. The molecule has 2 aromatic rings. The van der Waals surface area contributed by atoms with Crippen molar-refractivity contribution in [3.63, 3.8) is 0 Å². The van der Waals surface area contributed by atoms with Crippen molar-refractivity contribution in [2.45, 2.75) is 50.5 Å². The summed E-state index contributed by atoms with van der Waals surface area (Å²) in [5.41, 5.74) is 5.66. The molecular weight excluding hydrogens is 438 g/mol. The zero-order valence-electron chi connectivity index (χ0n) is 20.3. The molecule has 5 heteroatoms. The third-order valence-electron chi connectivity index (χ3n) is 8.96. The lowest BCUT2D eigenvalue weighted by Gasteiger charge is -2.57. The van der Waals surface area contributed by atoms with E-state index in [0.717, 1.165) is 72.9 Å². The van der Waals surface area contributed by atoms with Gasteiger partial charge in [0.25, 0.3) is 0 Å². The van der Waals surface area contributed by atoms with E-state index in [1.165, 1.54) is 50.2 Å². The third-order valence-corrected chi connectivity index (χ3v) is 8.96. The quantitative estimate of drug-likeness (QED) is 0.546. The van der Waals surface area contributed by atoms with Crippen LogP contribution in [0.1, 0.15) is 55.2 Å². The molecule has 2 aromatic carbocycles. The van der Waals surface area contributed by atoms with E-state index in [1.54, 1.807) is 6.08 Å². The van der Waals surface area contributed by atoms with Crippen LogP contribution in [0.25, 0.3) is 17.2 Å². The molecule has 7 rings (SSSR count). The van der Waals surface area contributed by atoms with Gasteiger partial charge in [-0.05, 0) is 108 Å². The maximum Gasteiger partial charge on any atom is 0.328 e. The number of carboxylic acid groups (broad SMARTS) is 1. The smallest absolute Gasteiger partial charge is 0.328 e. The minimum atomic E-state index is -0.942. The fraction of sp³-hybridized carbons (Fsp3) is 0.500. The lowest BCUT2D eigenvalue weighted by atomic mass is 9.48. The van der Waals surface area contributed by atoms with Gasteiger partial charge in [0.1, 0.15) is 5.75 Å². The highest BCUT2D eigenvalue weighted by atomic mass is 16.5. The molecule has 2 N–H and O–H groups in total. The van der Waals surface area contributed by atoms with Gasteiger partial charge in [-0.1, -0.05) is 18.2 Å². The van der Waals surface area contributed by atoms with Crippen molar-refractivity contribution in [2.75, 3.05) is 26.3 Å². The first kappa shape index (κ1) is 22.8. The van der Waals surface area contributed by atoms with Gasteiger partial charge in [0.05, 0.1) is 13.2 Å². The summed E-state index contributed by atoms with van der Waals surface area (Å²) in [5, 5.41) is 20.1. The molecule has 0 spiro atoms. The number of morpholine rings is 1. The van der Waals surface area contributed by atoms with Crippen LogP contribution in [-0.4, -0.2) is 47.4 Å². The second kappa shape index (κ2) is 9.11. The number of rotatable bonds is 6. The van der Waals surface area contributed by atoms with Crippen molar-refractivity contribution in [3.8, 4) is 16.9 Å². The van der Waals surface area contributed by atoms with Gasteiger partial charge in [-0.2, -0.15) is 0 Å². The molecule has 4 aliphatic carbocycles. The third kappa shape index (κ3) is 4.52. The summed E-state index contributed by atoms with van der Waals surface area (Å²) in [6.45, 7) is 4.05. The van der Waals surface area contributed by atoms with Crippen LogP contribution in [0, 0.1) is 17.8 Å². The number of phenols is 1. The first-order valence-electron chi connectivity index (χ1n) is 13.2. The number of aliphatic carboxylic acids is 1. The van der Waals surface area contributed by atoms with Gasteiger partial charge in [-0.25, -0.2) is 4.79 Å². The van der Waals surface area contributed by atoms with Gasteiger partial charge in [0.15, 0.2) is 0 Å². The summed E-state index contributed by atoms with van der Waals surface area (Å²) >= 11 is 0. The van der Waals surface area contributed by atoms with E-state index in [0.29, 0.717) is 5.75 Å². The Balaban J connectivity index is 1.38. The molecule has 0 radical (unpaired) electrons. The normalized spacial score (nSPS) is 30.2. The van der Waals surface area contributed by atoms with Crippen molar-refractivity contribution in [1.29, 1.82) is 0 Å². The maximum atomic E-state index is 11.1. The molecule has 5 fully saturated rings. The first-order valence-corrected chi connectivity index (χ1v) is 13.2. The summed E-state index contributed by atoms with van der Waals surface area (Å²) in [6, 6.07) is 12.4. The van der Waals surface area contributed by atoms with Crippen molar-refractivity contribution >= 4 is 12.0 Å². The molecular formula is C30H35NO4. The Morgan fingerprint density at radius 3 is 2.34 bits per heavy atom. The summed E-state index contributed by atoms with van der Waals surface area (Å²) < 4.78 is 5.54.